The van der Waals surface area contributed by atoms with Gasteiger partial charge in [0.1, 0.15) is 11.4 Å². The first-order chi connectivity index (χ1) is 17.1. The van der Waals surface area contributed by atoms with Gasteiger partial charge in [-0.1, -0.05) is 13.0 Å². The molecule has 36 heavy (non-hydrogen) atoms. The van der Waals surface area contributed by atoms with Crippen molar-refractivity contribution in [2.24, 2.45) is 16.8 Å². The minimum Gasteiger partial charge on any atom is -0.368 e. The fourth-order valence-electron chi connectivity index (χ4n) is 4.37. The van der Waals surface area contributed by atoms with Crippen LogP contribution in [0.5, 0.6) is 0 Å². The second-order valence-corrected chi connectivity index (χ2v) is 8.81. The molecule has 1 aliphatic heterocycles. The fraction of sp³-hybridized carbons (Fsp3) is 0.280. The molecule has 2 heterocycles. The molecular weight excluding hydrogens is 468 g/mol. The molecule has 0 unspecified atom stereocenters. The topological polar surface area (TPSA) is 109 Å². The Hall–Kier alpha value is -4.12. The van der Waals surface area contributed by atoms with Gasteiger partial charge in [-0.3, -0.25) is 14.6 Å². The zero-order chi connectivity index (χ0) is 26.1. The van der Waals surface area contributed by atoms with Gasteiger partial charge in [-0.2, -0.15) is 14.9 Å². The molecule has 11 heteroatoms. The van der Waals surface area contributed by atoms with Gasteiger partial charge in [0, 0.05) is 39.0 Å². The molecule has 0 radical (unpaired) electrons. The monoisotopic (exact) mass is 495 g/mol. The van der Waals surface area contributed by atoms with Crippen LogP contribution in [0.4, 0.5) is 25.8 Å². The van der Waals surface area contributed by atoms with Crippen LogP contribution in [0.2, 0.25) is 0 Å². The maximum atomic E-state index is 14.3. The summed E-state index contributed by atoms with van der Waals surface area (Å²) in [5.74, 6) is -2.36. The van der Waals surface area contributed by atoms with Gasteiger partial charge in [-0.25, -0.2) is 8.78 Å². The molecule has 0 aliphatic carbocycles. The van der Waals surface area contributed by atoms with Crippen LogP contribution >= 0.6 is 0 Å². The van der Waals surface area contributed by atoms with Crippen molar-refractivity contribution in [3.05, 3.63) is 75.7 Å². The summed E-state index contributed by atoms with van der Waals surface area (Å²) in [6.45, 7) is 8.83. The van der Waals surface area contributed by atoms with Crippen molar-refractivity contribution in [1.82, 2.24) is 9.78 Å². The summed E-state index contributed by atoms with van der Waals surface area (Å²) in [7, 11) is 1.77. The lowest BCUT2D eigenvalue weighted by molar-refractivity contribution is 0.102. The second-order valence-electron chi connectivity index (χ2n) is 8.81. The Labute approximate surface area is 206 Å². The Kier molecular flexibility index (Phi) is 6.84. The van der Waals surface area contributed by atoms with Crippen LogP contribution < -0.4 is 26.5 Å². The molecule has 0 spiro atoms. The smallest absolute Gasteiger partial charge is 0.276 e. The number of hydrogen-bond donors (Lipinski definition) is 2. The number of hydrogen-bond acceptors (Lipinski definition) is 7. The van der Waals surface area contributed by atoms with Gasteiger partial charge in [-0.15, -0.1) is 0 Å². The van der Waals surface area contributed by atoms with E-state index in [1.165, 1.54) is 12.1 Å². The van der Waals surface area contributed by atoms with E-state index < -0.39 is 28.8 Å². The van der Waals surface area contributed by atoms with Crippen LogP contribution in [-0.2, 0) is 0 Å². The quantitative estimate of drug-likeness (QED) is 0.402. The Morgan fingerprint density at radius 2 is 1.86 bits per heavy atom. The van der Waals surface area contributed by atoms with Gasteiger partial charge in [0.2, 0.25) is 0 Å². The molecule has 3 N–H and O–H groups in total. The highest BCUT2D eigenvalue weighted by molar-refractivity contribution is 6.05. The number of nitrogens with two attached hydrogens (primary N) is 1. The molecule has 4 rings (SSSR count). The number of nitrogens with one attached hydrogen (secondary N) is 1. The van der Waals surface area contributed by atoms with E-state index in [0.29, 0.717) is 23.5 Å². The highest BCUT2D eigenvalue weighted by Gasteiger charge is 2.30. The Morgan fingerprint density at radius 1 is 1.17 bits per heavy atom. The first kappa shape index (κ1) is 25.0. The van der Waals surface area contributed by atoms with Crippen LogP contribution in [0.15, 0.2) is 52.4 Å². The van der Waals surface area contributed by atoms with E-state index in [0.717, 1.165) is 35.1 Å². The molecule has 188 valence electrons. The number of nitrogens with zero attached hydrogens (tertiary/aromatic N) is 5. The predicted molar refractivity (Wildman–Crippen MR) is 136 cm³/mol. The summed E-state index contributed by atoms with van der Waals surface area (Å²) in [6, 6.07) is 8.93. The van der Waals surface area contributed by atoms with Crippen LogP contribution in [-0.4, -0.2) is 48.6 Å². The summed E-state index contributed by atoms with van der Waals surface area (Å²) >= 11 is 0. The molecule has 1 fully saturated rings. The second kappa shape index (κ2) is 9.86. The van der Waals surface area contributed by atoms with Crippen molar-refractivity contribution in [3.8, 4) is 5.69 Å². The molecule has 2 atom stereocenters. The number of carbonyl (C=O) groups is 1. The molecule has 2 aromatic carbocycles. The van der Waals surface area contributed by atoms with Crippen molar-refractivity contribution in [2.45, 2.75) is 19.9 Å². The van der Waals surface area contributed by atoms with E-state index in [4.69, 9.17) is 5.73 Å². The third-order valence-electron chi connectivity index (χ3n) is 6.38. The predicted octanol–water partition coefficient (Wildman–Crippen LogP) is 2.91. The minimum absolute atomic E-state index is 0.0345. The SMILES string of the molecule is C=NN(C)c1ccc(NC(=O)c2ccc(=O)n(-c3c(F)cccc3F)n2)c(N2C[C@H](C)[C@@H](N)C2)c1C. The average Bonchev–Trinajstić information content (AvgIpc) is 3.17. The first-order valence-electron chi connectivity index (χ1n) is 11.3. The van der Waals surface area contributed by atoms with Crippen molar-refractivity contribution in [3.63, 3.8) is 0 Å². The summed E-state index contributed by atoms with van der Waals surface area (Å²) in [5.41, 5.74) is 7.55. The zero-order valence-corrected chi connectivity index (χ0v) is 20.2. The standard InChI is InChI=1S/C25H27F2N7O2/c1-14-12-33(13-18(14)28)23-15(2)21(32(4)29-3)10-8-19(23)30-25(36)20-9-11-22(35)34(31-20)24-16(26)6-5-7-17(24)27/h5-11,14,18H,3,12-13,28H2,1-2,4H3,(H,30,36)/t14-,18-/m0/s1. The van der Waals surface area contributed by atoms with Crippen LogP contribution in [0, 0.1) is 24.5 Å². The number of anilines is 3. The molecule has 1 aliphatic rings. The van der Waals surface area contributed by atoms with Crippen LogP contribution in [0.3, 0.4) is 0 Å². The summed E-state index contributed by atoms with van der Waals surface area (Å²) < 4.78 is 29.1. The Morgan fingerprint density at radius 3 is 2.47 bits per heavy atom. The van der Waals surface area contributed by atoms with E-state index in [2.05, 4.69) is 34.1 Å². The lowest BCUT2D eigenvalue weighted by Crippen LogP contribution is -2.30. The molecule has 1 amide bonds. The third kappa shape index (κ3) is 4.57. The van der Waals surface area contributed by atoms with Crippen LogP contribution in [0.1, 0.15) is 23.0 Å². The molecule has 0 saturated carbocycles. The molecule has 9 nitrogen and oxygen atoms in total. The highest BCUT2D eigenvalue weighted by Crippen LogP contribution is 2.38. The largest absolute Gasteiger partial charge is 0.368 e. The molecule has 3 aromatic rings. The summed E-state index contributed by atoms with van der Waals surface area (Å²) in [6.07, 6.45) is 0. The normalized spacial score (nSPS) is 17.2. The van der Waals surface area contributed by atoms with Crippen molar-refractivity contribution < 1.29 is 13.6 Å². The van der Waals surface area contributed by atoms with Gasteiger partial charge in [-0.05, 0) is 48.7 Å². The number of halogens is 2. The highest BCUT2D eigenvalue weighted by atomic mass is 19.1. The zero-order valence-electron chi connectivity index (χ0n) is 20.2. The van der Waals surface area contributed by atoms with Crippen LogP contribution in [0.25, 0.3) is 5.69 Å². The maximum Gasteiger partial charge on any atom is 0.276 e. The fourth-order valence-corrected chi connectivity index (χ4v) is 4.37. The molecular formula is C25H27F2N7O2. The Bertz CT molecular complexity index is 1360. The van der Waals surface area contributed by atoms with E-state index in [1.807, 2.05) is 6.92 Å². The molecule has 1 saturated heterocycles. The first-order valence-corrected chi connectivity index (χ1v) is 11.3. The number of rotatable bonds is 6. The number of para-hydroxylation sites is 1. The van der Waals surface area contributed by atoms with Gasteiger partial charge < -0.3 is 16.0 Å². The Balaban J connectivity index is 1.74. The lowest BCUT2D eigenvalue weighted by atomic mass is 10.1. The van der Waals surface area contributed by atoms with E-state index in [9.17, 15) is 18.4 Å². The molecule has 1 aromatic heterocycles. The number of aromatic nitrogens is 2. The molecule has 0 bridgehead atoms. The van der Waals surface area contributed by atoms with Crippen molar-refractivity contribution in [2.75, 3.05) is 35.4 Å². The summed E-state index contributed by atoms with van der Waals surface area (Å²) in [4.78, 5) is 27.6. The lowest BCUT2D eigenvalue weighted by Gasteiger charge is -2.27. The third-order valence-corrected chi connectivity index (χ3v) is 6.38. The number of carbonyl (C=O) groups excluding carboxylic acids is 1. The van der Waals surface area contributed by atoms with Crippen molar-refractivity contribution >= 4 is 29.7 Å². The van der Waals surface area contributed by atoms with Gasteiger partial charge in [0.15, 0.2) is 11.6 Å². The number of hydrazone groups is 1. The maximum absolute atomic E-state index is 14.3. The minimum atomic E-state index is -0.977. The van der Waals surface area contributed by atoms with Gasteiger partial charge in [0.25, 0.3) is 11.5 Å². The van der Waals surface area contributed by atoms with E-state index in [1.54, 1.807) is 24.2 Å². The number of benzene rings is 2. The van der Waals surface area contributed by atoms with Gasteiger partial charge >= 0.3 is 0 Å². The summed E-state index contributed by atoms with van der Waals surface area (Å²) in [5, 5.41) is 12.4. The van der Waals surface area contributed by atoms with E-state index >= 15 is 0 Å². The average molecular weight is 496 g/mol. The van der Waals surface area contributed by atoms with Gasteiger partial charge in [0.05, 0.1) is 17.1 Å². The number of amides is 1. The van der Waals surface area contributed by atoms with E-state index in [-0.39, 0.29) is 17.7 Å². The van der Waals surface area contributed by atoms with Crippen molar-refractivity contribution in [1.29, 1.82) is 0 Å².